The van der Waals surface area contributed by atoms with Crippen LogP contribution in [0.3, 0.4) is 0 Å². The third kappa shape index (κ3) is 9.22. The Morgan fingerprint density at radius 3 is 2.40 bits per heavy atom. The van der Waals surface area contributed by atoms with Crippen molar-refractivity contribution in [3.63, 3.8) is 0 Å². The zero-order valence-electron chi connectivity index (χ0n) is 12.8. The van der Waals surface area contributed by atoms with Gasteiger partial charge in [-0.2, -0.15) is 4.89 Å². The Morgan fingerprint density at radius 2 is 1.90 bits per heavy atom. The first kappa shape index (κ1) is 19.3. The predicted molar refractivity (Wildman–Crippen MR) is 76.9 cm³/mol. The minimum atomic E-state index is -2.54. The molecule has 0 aliphatic heterocycles. The summed E-state index contributed by atoms with van der Waals surface area (Å²) < 4.78 is 17.1. The zero-order chi connectivity index (χ0) is 15.4. The molecule has 0 saturated heterocycles. The van der Waals surface area contributed by atoms with Crippen LogP contribution in [0.5, 0.6) is 0 Å². The van der Waals surface area contributed by atoms with Crippen molar-refractivity contribution in [3.8, 4) is 0 Å². The van der Waals surface area contributed by atoms with Crippen LogP contribution in [0.25, 0.3) is 0 Å². The number of hydrogen-bond acceptors (Lipinski definition) is 6. The molecule has 0 spiro atoms. The highest BCUT2D eigenvalue weighted by molar-refractivity contribution is 6.59. The number of carbonyl (C=O) groups excluding carboxylic acids is 1. The molecule has 1 atom stereocenters. The molecule has 0 rings (SSSR count). The van der Waals surface area contributed by atoms with Gasteiger partial charge in [0.2, 0.25) is 0 Å². The highest BCUT2D eigenvalue weighted by atomic mass is 28.4. The van der Waals surface area contributed by atoms with Gasteiger partial charge in [0.15, 0.2) is 0 Å². The van der Waals surface area contributed by atoms with Crippen molar-refractivity contribution in [1.82, 2.24) is 0 Å². The molecule has 0 aromatic carbocycles. The lowest BCUT2D eigenvalue weighted by molar-refractivity contribution is -0.267. The van der Waals surface area contributed by atoms with Gasteiger partial charge in [0.05, 0.1) is 6.61 Å². The molecule has 0 aromatic rings. The van der Waals surface area contributed by atoms with E-state index in [0.29, 0.717) is 26.2 Å². The number of carbonyl (C=O) groups is 1. The Morgan fingerprint density at radius 1 is 1.30 bits per heavy atom. The summed E-state index contributed by atoms with van der Waals surface area (Å²) in [5.41, 5.74) is 0. The predicted octanol–water partition coefficient (Wildman–Crippen LogP) is 2.47. The molecule has 1 unspecified atom stereocenters. The molecule has 118 valence electrons. The first-order chi connectivity index (χ1) is 9.47. The first-order valence-electron chi connectivity index (χ1n) is 6.89. The third-order valence-corrected chi connectivity index (χ3v) is 4.83. The Bertz CT molecular complexity index is 278. The van der Waals surface area contributed by atoms with E-state index in [2.05, 4.69) is 11.5 Å². The van der Waals surface area contributed by atoms with Crippen molar-refractivity contribution in [2.24, 2.45) is 0 Å². The van der Waals surface area contributed by atoms with E-state index in [1.54, 1.807) is 0 Å². The van der Waals surface area contributed by atoms with Crippen molar-refractivity contribution in [2.75, 3.05) is 19.8 Å². The zero-order valence-corrected chi connectivity index (χ0v) is 13.8. The first-order valence-corrected chi connectivity index (χ1v) is 9.11. The molecule has 0 saturated carbocycles. The summed E-state index contributed by atoms with van der Waals surface area (Å²) in [4.78, 5) is 19.9. The van der Waals surface area contributed by atoms with Crippen molar-refractivity contribution in [2.45, 2.75) is 46.3 Å². The molecule has 0 fully saturated rings. The number of hydrogen-bond donors (Lipinski definition) is 0. The van der Waals surface area contributed by atoms with Crippen LogP contribution in [0.4, 0.5) is 0 Å². The normalized spacial score (nSPS) is 13.0. The highest BCUT2D eigenvalue weighted by Crippen LogP contribution is 2.15. The van der Waals surface area contributed by atoms with Gasteiger partial charge in [0, 0.05) is 31.9 Å². The van der Waals surface area contributed by atoms with Crippen LogP contribution in [0.1, 0.15) is 33.6 Å². The quantitative estimate of drug-likeness (QED) is 0.181. The Hall–Kier alpha value is -0.733. The molecule has 0 bridgehead atoms. The second kappa shape index (κ2) is 11.0. The average Bonchev–Trinajstić information content (AvgIpc) is 2.38. The Balaban J connectivity index is 3.87. The van der Waals surface area contributed by atoms with Gasteiger partial charge >= 0.3 is 14.8 Å². The van der Waals surface area contributed by atoms with E-state index in [1.807, 2.05) is 27.3 Å². The second-order valence-corrected chi connectivity index (χ2v) is 6.77. The van der Waals surface area contributed by atoms with Crippen LogP contribution in [0, 0.1) is 0 Å². The van der Waals surface area contributed by atoms with Gasteiger partial charge in [-0.25, -0.2) is 4.79 Å². The molecular formula is C13H26O6Si. The van der Waals surface area contributed by atoms with Crippen molar-refractivity contribution in [1.29, 1.82) is 0 Å². The van der Waals surface area contributed by atoms with Crippen LogP contribution < -0.4 is 0 Å². The summed E-state index contributed by atoms with van der Waals surface area (Å²) in [5.74, 6) is -0.595. The average molecular weight is 306 g/mol. The fraction of sp³-hybridized carbons (Fsp3) is 0.769. The third-order valence-electron chi connectivity index (χ3n) is 2.37. The molecule has 0 aliphatic carbocycles. The van der Waals surface area contributed by atoms with E-state index in [9.17, 15) is 4.79 Å². The second-order valence-electron chi connectivity index (χ2n) is 4.23. The smallest absolute Gasteiger partial charge is 0.374 e. The maximum absolute atomic E-state index is 10.7. The van der Waals surface area contributed by atoms with Crippen LogP contribution in [-0.4, -0.2) is 40.7 Å². The summed E-state index contributed by atoms with van der Waals surface area (Å²) >= 11 is 0. The Kier molecular flexibility index (Phi) is 10.6. The highest BCUT2D eigenvalue weighted by Gasteiger charge is 2.35. The molecule has 0 aromatic heterocycles. The van der Waals surface area contributed by atoms with Crippen LogP contribution in [0.15, 0.2) is 12.7 Å². The van der Waals surface area contributed by atoms with Gasteiger partial charge in [-0.1, -0.05) is 6.58 Å². The molecular weight excluding hydrogens is 280 g/mol. The number of rotatable bonds is 12. The maximum Gasteiger partial charge on any atom is 0.497 e. The summed E-state index contributed by atoms with van der Waals surface area (Å²) in [6, 6.07) is 0. The maximum atomic E-state index is 10.7. The lowest BCUT2D eigenvalue weighted by Crippen LogP contribution is -2.45. The van der Waals surface area contributed by atoms with Crippen molar-refractivity contribution < 1.29 is 27.8 Å². The fourth-order valence-electron chi connectivity index (χ4n) is 1.62. The minimum absolute atomic E-state index is 0.0107. The van der Waals surface area contributed by atoms with E-state index >= 15 is 0 Å². The minimum Gasteiger partial charge on any atom is -0.374 e. The summed E-state index contributed by atoms with van der Waals surface area (Å²) in [6.07, 6.45) is 2.50. The molecule has 20 heavy (non-hydrogen) atoms. The molecule has 0 heterocycles. The van der Waals surface area contributed by atoms with E-state index in [1.165, 1.54) is 0 Å². The lowest BCUT2D eigenvalue weighted by Gasteiger charge is -2.28. The van der Waals surface area contributed by atoms with E-state index in [0.717, 1.165) is 12.5 Å². The summed E-state index contributed by atoms with van der Waals surface area (Å²) in [5, 5.41) is 0. The van der Waals surface area contributed by atoms with Gasteiger partial charge in [0.25, 0.3) is 0 Å². The standard InChI is InChI=1S/C13H26O6Si/c1-6-13(14)18-15-11-9-10-12(4)19-20(5,16-7-2)17-8-3/h6,12H,1,7-11H2,2-5H3. The molecule has 0 amide bonds. The van der Waals surface area contributed by atoms with Crippen LogP contribution in [0.2, 0.25) is 6.55 Å². The van der Waals surface area contributed by atoms with Gasteiger partial charge in [0.1, 0.15) is 0 Å². The largest absolute Gasteiger partial charge is 0.497 e. The van der Waals surface area contributed by atoms with E-state index in [4.69, 9.17) is 18.2 Å². The Labute approximate surface area is 122 Å². The molecule has 7 heteroatoms. The summed E-state index contributed by atoms with van der Waals surface area (Å²) in [6.45, 7) is 12.4. The topological polar surface area (TPSA) is 63.2 Å². The molecule has 0 N–H and O–H groups in total. The molecule has 6 nitrogen and oxygen atoms in total. The lowest BCUT2D eigenvalue weighted by atomic mass is 10.2. The van der Waals surface area contributed by atoms with Gasteiger partial charge < -0.3 is 13.3 Å². The summed E-state index contributed by atoms with van der Waals surface area (Å²) in [7, 11) is -2.54. The van der Waals surface area contributed by atoms with Gasteiger partial charge in [-0.15, -0.1) is 0 Å². The SMILES string of the molecule is C=CC(=O)OOCCCC(C)O[Si](C)(OCC)OCC. The van der Waals surface area contributed by atoms with E-state index < -0.39 is 14.8 Å². The van der Waals surface area contributed by atoms with Crippen LogP contribution >= 0.6 is 0 Å². The van der Waals surface area contributed by atoms with E-state index in [-0.39, 0.29) is 6.10 Å². The molecule has 0 radical (unpaired) electrons. The van der Waals surface area contributed by atoms with Crippen molar-refractivity contribution in [3.05, 3.63) is 12.7 Å². The fourth-order valence-corrected chi connectivity index (χ4v) is 3.74. The van der Waals surface area contributed by atoms with Crippen molar-refractivity contribution >= 4 is 14.8 Å². The van der Waals surface area contributed by atoms with Gasteiger partial charge in [-0.05, 0) is 33.6 Å². The van der Waals surface area contributed by atoms with Gasteiger partial charge in [-0.3, -0.25) is 4.89 Å². The van der Waals surface area contributed by atoms with Crippen LogP contribution in [-0.2, 0) is 27.8 Å². The molecule has 0 aliphatic rings. The monoisotopic (exact) mass is 306 g/mol.